The zero-order valence-corrected chi connectivity index (χ0v) is 20.8. The van der Waals surface area contributed by atoms with Gasteiger partial charge in [0.15, 0.2) is 0 Å². The Morgan fingerprint density at radius 1 is 1.29 bits per heavy atom. The van der Waals surface area contributed by atoms with Gasteiger partial charge >= 0.3 is 5.97 Å². The number of β-lactam (4-membered cyclic amide) rings is 1. The molecule has 2 heterocycles. The number of fused-ring (bicyclic) bond motifs is 1. The predicted octanol–water partition coefficient (Wildman–Crippen LogP) is 3.96. The monoisotopic (exact) mass is 537 g/mol. The van der Waals surface area contributed by atoms with Crippen LogP contribution < -0.4 is 4.74 Å². The molecule has 154 valence electrons. The molecule has 1 aromatic carbocycles. The third-order valence-corrected chi connectivity index (χ3v) is 6.57. The quantitative estimate of drug-likeness (QED) is 0.313. The molecule has 0 spiro atoms. The lowest BCUT2D eigenvalue weighted by Gasteiger charge is -2.47. The fourth-order valence-electron chi connectivity index (χ4n) is 3.67. The minimum absolute atomic E-state index is 0.0271. The molecule has 6 nitrogen and oxygen atoms in total. The topological polar surface area (TPSA) is 65.1 Å². The highest BCUT2D eigenvalue weighted by Crippen LogP contribution is 2.48. The average Bonchev–Trinajstić information content (AvgIpc) is 2.96. The van der Waals surface area contributed by atoms with Crippen LogP contribution >= 0.6 is 41.5 Å². The highest BCUT2D eigenvalue weighted by Gasteiger charge is 2.60. The first-order chi connectivity index (χ1) is 13.4. The van der Waals surface area contributed by atoms with Crippen molar-refractivity contribution in [2.24, 2.45) is 11.8 Å². The zero-order valence-electron chi connectivity index (χ0n) is 16.3. The third-order valence-electron chi connectivity index (χ3n) is 5.04. The number of carbonyl (C=O) groups is 2. The summed E-state index contributed by atoms with van der Waals surface area (Å²) in [4.78, 5) is 26.5. The van der Waals surface area contributed by atoms with E-state index in [4.69, 9.17) is 13.8 Å². The number of ether oxygens (including phenoxy) is 1. The number of halogens is 1. The summed E-state index contributed by atoms with van der Waals surface area (Å²) in [7, 11) is 4.16. The minimum Gasteiger partial charge on any atom is -0.488 e. The molecular formula is C19H26INO5P2. The van der Waals surface area contributed by atoms with Crippen LogP contribution in [-0.4, -0.2) is 35.5 Å². The Morgan fingerprint density at radius 2 is 1.93 bits per heavy atom. The largest absolute Gasteiger partial charge is 0.488 e. The van der Waals surface area contributed by atoms with Crippen LogP contribution in [0.25, 0.3) is 0 Å². The normalized spacial score (nSPS) is 24.0. The standard InChI is InChI=1S/C17H20INO5P2.C2H6/c1-8-10(7-22-12-6-4-3-5-11(12)18)15(17(21)24-26)19-14(8)13(16(19)20)9(2)23-25;1-2/h3-6,8-9,13-14H,7,25-26H2,1-2H3;1-2H3/t8-,9?,13?,14?;/m0./s1. The van der Waals surface area contributed by atoms with Crippen LogP contribution in [0.5, 0.6) is 5.75 Å². The van der Waals surface area contributed by atoms with E-state index in [1.54, 1.807) is 0 Å². The van der Waals surface area contributed by atoms with Crippen LogP contribution in [0.15, 0.2) is 35.5 Å². The summed E-state index contributed by atoms with van der Waals surface area (Å²) in [5.41, 5.74) is 1.06. The fourth-order valence-corrected chi connectivity index (χ4v) is 4.49. The van der Waals surface area contributed by atoms with Crippen LogP contribution in [0.3, 0.4) is 0 Å². The molecule has 3 rings (SSSR count). The summed E-state index contributed by atoms with van der Waals surface area (Å²) in [6, 6.07) is 7.54. The maximum Gasteiger partial charge on any atom is 0.357 e. The molecule has 28 heavy (non-hydrogen) atoms. The lowest BCUT2D eigenvalue weighted by Crippen LogP contribution is -2.63. The van der Waals surface area contributed by atoms with Crippen molar-refractivity contribution < 1.29 is 23.4 Å². The zero-order chi connectivity index (χ0) is 21.0. The SMILES string of the molecule is CC.CC(OP)C1C(=O)N2C(C(=O)OP)=C(COc3ccccc3I)[C@H](C)C12. The van der Waals surface area contributed by atoms with Gasteiger partial charge in [-0.05, 0) is 41.6 Å². The van der Waals surface area contributed by atoms with Gasteiger partial charge in [-0.25, -0.2) is 4.79 Å². The third kappa shape index (κ3) is 4.23. The molecule has 1 aromatic rings. The first kappa shape index (κ1) is 23.5. The molecule has 6 atom stereocenters. The number of benzene rings is 1. The van der Waals surface area contributed by atoms with E-state index < -0.39 is 5.97 Å². The number of rotatable bonds is 6. The van der Waals surface area contributed by atoms with Gasteiger partial charge in [0, 0.05) is 21.0 Å². The maximum atomic E-state index is 12.6. The Hall–Kier alpha value is -0.750. The number of para-hydroxylation sites is 1. The Morgan fingerprint density at radius 3 is 2.50 bits per heavy atom. The molecule has 1 saturated heterocycles. The van der Waals surface area contributed by atoms with Crippen molar-refractivity contribution in [2.45, 2.75) is 39.8 Å². The number of hydrogen-bond donors (Lipinski definition) is 0. The van der Waals surface area contributed by atoms with Gasteiger partial charge in [0.25, 0.3) is 0 Å². The van der Waals surface area contributed by atoms with Crippen molar-refractivity contribution in [3.8, 4) is 5.75 Å². The van der Waals surface area contributed by atoms with Gasteiger partial charge in [-0.2, -0.15) is 0 Å². The summed E-state index contributed by atoms with van der Waals surface area (Å²) < 4.78 is 17.1. The maximum absolute atomic E-state index is 12.6. The summed E-state index contributed by atoms with van der Waals surface area (Å²) in [6.45, 7) is 8.08. The molecule has 2 aliphatic rings. The highest BCUT2D eigenvalue weighted by atomic mass is 127. The number of nitrogens with zero attached hydrogens (tertiary/aromatic N) is 1. The van der Waals surface area contributed by atoms with Crippen molar-refractivity contribution in [2.75, 3.05) is 6.61 Å². The van der Waals surface area contributed by atoms with Crippen LogP contribution in [0.2, 0.25) is 0 Å². The number of amides is 1. The molecule has 0 N–H and O–H groups in total. The highest BCUT2D eigenvalue weighted by molar-refractivity contribution is 14.1. The molecule has 5 unspecified atom stereocenters. The van der Waals surface area contributed by atoms with E-state index in [-0.39, 0.29) is 36.5 Å². The molecule has 9 heteroatoms. The summed E-state index contributed by atoms with van der Waals surface area (Å²) >= 11 is 2.20. The van der Waals surface area contributed by atoms with E-state index in [1.807, 2.05) is 61.4 Å². The van der Waals surface area contributed by atoms with E-state index in [9.17, 15) is 9.59 Å². The van der Waals surface area contributed by atoms with Crippen molar-refractivity contribution in [1.29, 1.82) is 0 Å². The summed E-state index contributed by atoms with van der Waals surface area (Å²) in [6.07, 6.45) is -0.250. The lowest BCUT2D eigenvalue weighted by atomic mass is 9.78. The first-order valence-electron chi connectivity index (χ1n) is 9.12. The number of carbonyl (C=O) groups excluding carboxylic acids is 2. The smallest absolute Gasteiger partial charge is 0.357 e. The molecule has 0 bridgehead atoms. The van der Waals surface area contributed by atoms with Crippen LogP contribution in [0, 0.1) is 15.4 Å². The second-order valence-corrected chi connectivity index (χ2v) is 8.02. The van der Waals surface area contributed by atoms with E-state index in [0.29, 0.717) is 5.70 Å². The van der Waals surface area contributed by atoms with Crippen LogP contribution in [0.4, 0.5) is 0 Å². The van der Waals surface area contributed by atoms with Gasteiger partial charge in [-0.3, -0.25) is 4.79 Å². The second kappa shape index (κ2) is 10.3. The second-order valence-electron chi connectivity index (χ2n) is 6.35. The Kier molecular flexibility index (Phi) is 8.68. The molecule has 0 aromatic heterocycles. The lowest BCUT2D eigenvalue weighted by molar-refractivity contribution is -0.161. The minimum atomic E-state index is -0.544. The van der Waals surface area contributed by atoms with Crippen molar-refractivity contribution in [3.63, 3.8) is 0 Å². The van der Waals surface area contributed by atoms with Gasteiger partial charge < -0.3 is 18.7 Å². The molecule has 1 amide bonds. The molecular weight excluding hydrogens is 511 g/mol. The van der Waals surface area contributed by atoms with Crippen LogP contribution in [-0.2, 0) is 18.6 Å². The van der Waals surface area contributed by atoms with Crippen molar-refractivity contribution >= 4 is 53.4 Å². The van der Waals surface area contributed by atoms with Gasteiger partial charge in [0.1, 0.15) is 18.1 Å². The predicted molar refractivity (Wildman–Crippen MR) is 122 cm³/mol. The Bertz CT molecular complexity index is 772. The van der Waals surface area contributed by atoms with Gasteiger partial charge in [0.05, 0.1) is 31.1 Å². The van der Waals surface area contributed by atoms with E-state index in [1.165, 1.54) is 4.90 Å². The van der Waals surface area contributed by atoms with Gasteiger partial charge in [-0.15, -0.1) is 0 Å². The van der Waals surface area contributed by atoms with Crippen molar-refractivity contribution in [1.82, 2.24) is 4.90 Å². The first-order valence-corrected chi connectivity index (χ1v) is 11.1. The van der Waals surface area contributed by atoms with E-state index in [2.05, 4.69) is 32.1 Å². The number of hydrogen-bond acceptors (Lipinski definition) is 5. The average molecular weight is 537 g/mol. The van der Waals surface area contributed by atoms with Gasteiger partial charge in [-0.1, -0.05) is 32.9 Å². The van der Waals surface area contributed by atoms with Crippen molar-refractivity contribution in [3.05, 3.63) is 39.1 Å². The molecule has 1 fully saturated rings. The summed E-state index contributed by atoms with van der Waals surface area (Å²) in [5, 5.41) is 0. The van der Waals surface area contributed by atoms with E-state index in [0.717, 1.165) is 14.9 Å². The summed E-state index contributed by atoms with van der Waals surface area (Å²) in [5.74, 6) is -0.237. The molecule has 0 saturated carbocycles. The molecule has 0 aliphatic carbocycles. The molecule has 2 aliphatic heterocycles. The van der Waals surface area contributed by atoms with E-state index >= 15 is 0 Å². The van der Waals surface area contributed by atoms with Gasteiger partial charge in [0.2, 0.25) is 5.91 Å². The van der Waals surface area contributed by atoms with Crippen LogP contribution in [0.1, 0.15) is 27.7 Å². The molecule has 0 radical (unpaired) electrons. The Labute approximate surface area is 184 Å². The Balaban J connectivity index is 0.00000136. The fraction of sp³-hybridized carbons (Fsp3) is 0.474.